The van der Waals surface area contributed by atoms with E-state index in [1.54, 1.807) is 4.90 Å². The van der Waals surface area contributed by atoms with E-state index in [-0.39, 0.29) is 36.5 Å². The van der Waals surface area contributed by atoms with Crippen molar-refractivity contribution in [2.24, 2.45) is 11.7 Å². The summed E-state index contributed by atoms with van der Waals surface area (Å²) >= 11 is 0. The molecule has 0 saturated carbocycles. The van der Waals surface area contributed by atoms with Crippen LogP contribution >= 0.6 is 0 Å². The lowest BCUT2D eigenvalue weighted by Gasteiger charge is -2.18. The molecule has 1 heterocycles. The molecule has 6 nitrogen and oxygen atoms in total. The molecule has 1 aromatic carbocycles. The topological polar surface area (TPSA) is 92.5 Å². The number of carbonyl (C=O) groups excluding carboxylic acids is 3. The summed E-state index contributed by atoms with van der Waals surface area (Å²) < 4.78 is 0. The van der Waals surface area contributed by atoms with Crippen LogP contribution in [0.2, 0.25) is 0 Å². The second-order valence-corrected chi connectivity index (χ2v) is 6.57. The Morgan fingerprint density at radius 1 is 1.25 bits per heavy atom. The molecular formula is C18H23N3O3. The maximum atomic E-state index is 12.3. The Kier molecular flexibility index (Phi) is 4.83. The number of fused-ring (bicyclic) bond motifs is 1. The average Bonchev–Trinajstić information content (AvgIpc) is 3.16. The van der Waals surface area contributed by atoms with Gasteiger partial charge in [-0.3, -0.25) is 14.4 Å². The Bertz CT molecular complexity index is 671. The summed E-state index contributed by atoms with van der Waals surface area (Å²) in [5, 5.41) is 2.79. The third kappa shape index (κ3) is 3.58. The van der Waals surface area contributed by atoms with Crippen molar-refractivity contribution >= 4 is 23.4 Å². The second kappa shape index (κ2) is 7.03. The molecule has 0 radical (unpaired) electrons. The van der Waals surface area contributed by atoms with Crippen molar-refractivity contribution < 1.29 is 14.4 Å². The molecule has 1 aliphatic carbocycles. The van der Waals surface area contributed by atoms with Crippen molar-refractivity contribution in [1.82, 2.24) is 5.32 Å². The molecule has 1 aliphatic heterocycles. The Labute approximate surface area is 141 Å². The second-order valence-electron chi connectivity index (χ2n) is 6.57. The molecule has 2 aliphatic rings. The predicted molar refractivity (Wildman–Crippen MR) is 90.4 cm³/mol. The van der Waals surface area contributed by atoms with Crippen LogP contribution in [0.1, 0.15) is 36.8 Å². The minimum atomic E-state index is -0.372. The van der Waals surface area contributed by atoms with E-state index >= 15 is 0 Å². The lowest BCUT2D eigenvalue weighted by Crippen LogP contribution is -2.33. The molecule has 3 N–H and O–H groups in total. The highest BCUT2D eigenvalue weighted by Gasteiger charge is 2.35. The third-order valence-electron chi connectivity index (χ3n) is 4.79. The third-order valence-corrected chi connectivity index (χ3v) is 4.79. The standard InChI is InChI=1S/C18H23N3O3/c19-16(22)5-2-8-20-18(24)14-10-17(23)21(11-14)15-7-6-12-3-1-4-13(12)9-15/h6-7,9,14H,1-5,8,10-11H2,(H2,19,22)(H,20,24)/t14-/m1/s1. The monoisotopic (exact) mass is 329 g/mol. The summed E-state index contributed by atoms with van der Waals surface area (Å²) in [5.41, 5.74) is 8.65. The van der Waals surface area contributed by atoms with E-state index in [4.69, 9.17) is 5.73 Å². The van der Waals surface area contributed by atoms with Gasteiger partial charge in [0.1, 0.15) is 0 Å². The molecule has 3 amide bonds. The van der Waals surface area contributed by atoms with Crippen LogP contribution in [0.5, 0.6) is 0 Å². The number of aryl methyl sites for hydroxylation is 2. The van der Waals surface area contributed by atoms with Crippen molar-refractivity contribution in [3.63, 3.8) is 0 Å². The Balaban J connectivity index is 1.57. The molecule has 1 fully saturated rings. The van der Waals surface area contributed by atoms with Gasteiger partial charge < -0.3 is 16.0 Å². The van der Waals surface area contributed by atoms with Gasteiger partial charge in [0, 0.05) is 31.6 Å². The number of rotatable bonds is 6. The summed E-state index contributed by atoms with van der Waals surface area (Å²) in [5.74, 6) is -0.843. The lowest BCUT2D eigenvalue weighted by molar-refractivity contribution is -0.126. The first-order chi connectivity index (χ1) is 11.5. The van der Waals surface area contributed by atoms with Crippen LogP contribution in [0.4, 0.5) is 5.69 Å². The number of nitrogens with one attached hydrogen (secondary N) is 1. The molecule has 0 spiro atoms. The van der Waals surface area contributed by atoms with Crippen LogP contribution in [-0.4, -0.2) is 30.8 Å². The highest BCUT2D eigenvalue weighted by molar-refractivity contribution is 6.00. The normalized spacial score (nSPS) is 19.4. The molecule has 6 heteroatoms. The highest BCUT2D eigenvalue weighted by atomic mass is 16.2. The van der Waals surface area contributed by atoms with E-state index in [1.165, 1.54) is 17.5 Å². The van der Waals surface area contributed by atoms with Crippen LogP contribution in [0.3, 0.4) is 0 Å². The fourth-order valence-corrected chi connectivity index (χ4v) is 3.48. The van der Waals surface area contributed by atoms with Gasteiger partial charge in [-0.1, -0.05) is 6.07 Å². The van der Waals surface area contributed by atoms with Gasteiger partial charge in [-0.05, 0) is 48.9 Å². The van der Waals surface area contributed by atoms with Gasteiger partial charge in [-0.15, -0.1) is 0 Å². The van der Waals surface area contributed by atoms with Gasteiger partial charge in [-0.25, -0.2) is 0 Å². The Morgan fingerprint density at radius 3 is 2.83 bits per heavy atom. The number of hydrogen-bond donors (Lipinski definition) is 2. The summed E-state index contributed by atoms with van der Waals surface area (Å²) in [7, 11) is 0. The van der Waals surface area contributed by atoms with Gasteiger partial charge in [-0.2, -0.15) is 0 Å². The van der Waals surface area contributed by atoms with Gasteiger partial charge >= 0.3 is 0 Å². The SMILES string of the molecule is NC(=O)CCCNC(=O)[C@@H]1CC(=O)N(c2ccc3c(c2)CCC3)C1. The van der Waals surface area contributed by atoms with Crippen molar-refractivity contribution in [1.29, 1.82) is 0 Å². The van der Waals surface area contributed by atoms with E-state index in [1.807, 2.05) is 6.07 Å². The molecule has 24 heavy (non-hydrogen) atoms. The van der Waals surface area contributed by atoms with Gasteiger partial charge in [0.15, 0.2) is 0 Å². The van der Waals surface area contributed by atoms with Crippen LogP contribution in [0, 0.1) is 5.92 Å². The summed E-state index contributed by atoms with van der Waals surface area (Å²) in [4.78, 5) is 36.9. The molecule has 3 rings (SSSR count). The Morgan fingerprint density at radius 2 is 2.04 bits per heavy atom. The van der Waals surface area contributed by atoms with E-state index in [0.29, 0.717) is 19.5 Å². The maximum absolute atomic E-state index is 12.3. The quantitative estimate of drug-likeness (QED) is 0.760. The van der Waals surface area contributed by atoms with E-state index in [9.17, 15) is 14.4 Å². The molecular weight excluding hydrogens is 306 g/mol. The Hall–Kier alpha value is -2.37. The number of amides is 3. The van der Waals surface area contributed by atoms with Crippen LogP contribution in [0.15, 0.2) is 18.2 Å². The van der Waals surface area contributed by atoms with Gasteiger partial charge in [0.2, 0.25) is 17.7 Å². The highest BCUT2D eigenvalue weighted by Crippen LogP contribution is 2.30. The number of primary amides is 1. The van der Waals surface area contributed by atoms with Crippen LogP contribution in [0.25, 0.3) is 0 Å². The number of hydrogen-bond acceptors (Lipinski definition) is 3. The smallest absolute Gasteiger partial charge is 0.227 e. The first-order valence-corrected chi connectivity index (χ1v) is 8.53. The number of anilines is 1. The average molecular weight is 329 g/mol. The number of nitrogens with zero attached hydrogens (tertiary/aromatic N) is 1. The number of benzene rings is 1. The molecule has 1 aromatic rings. The van der Waals surface area contributed by atoms with Crippen molar-refractivity contribution in [3.05, 3.63) is 29.3 Å². The zero-order valence-corrected chi connectivity index (χ0v) is 13.7. The minimum Gasteiger partial charge on any atom is -0.370 e. The largest absolute Gasteiger partial charge is 0.370 e. The molecule has 128 valence electrons. The summed E-state index contributed by atoms with van der Waals surface area (Å²) in [6, 6.07) is 6.17. The maximum Gasteiger partial charge on any atom is 0.227 e. The molecule has 0 aromatic heterocycles. The fourth-order valence-electron chi connectivity index (χ4n) is 3.48. The van der Waals surface area contributed by atoms with Crippen molar-refractivity contribution in [2.75, 3.05) is 18.0 Å². The molecule has 1 saturated heterocycles. The van der Waals surface area contributed by atoms with E-state index in [0.717, 1.165) is 18.5 Å². The van der Waals surface area contributed by atoms with E-state index in [2.05, 4.69) is 17.4 Å². The number of carbonyl (C=O) groups is 3. The molecule has 0 unspecified atom stereocenters. The lowest BCUT2D eigenvalue weighted by atomic mass is 10.1. The summed E-state index contributed by atoms with van der Waals surface area (Å²) in [6.07, 6.45) is 4.36. The zero-order valence-electron chi connectivity index (χ0n) is 13.7. The summed E-state index contributed by atoms with van der Waals surface area (Å²) in [6.45, 7) is 0.824. The van der Waals surface area contributed by atoms with Crippen molar-refractivity contribution in [3.8, 4) is 0 Å². The van der Waals surface area contributed by atoms with E-state index < -0.39 is 0 Å². The predicted octanol–water partition coefficient (Wildman–Crippen LogP) is 0.910. The molecule has 1 atom stereocenters. The fraction of sp³-hybridized carbons (Fsp3) is 0.500. The number of nitrogens with two attached hydrogens (primary N) is 1. The van der Waals surface area contributed by atoms with Gasteiger partial charge in [0.05, 0.1) is 5.92 Å². The van der Waals surface area contributed by atoms with Gasteiger partial charge in [0.25, 0.3) is 0 Å². The van der Waals surface area contributed by atoms with Crippen LogP contribution < -0.4 is 16.0 Å². The minimum absolute atomic E-state index is 0.00904. The first-order valence-electron chi connectivity index (χ1n) is 8.53. The first kappa shape index (κ1) is 16.5. The van der Waals surface area contributed by atoms with Crippen molar-refractivity contribution in [2.45, 2.75) is 38.5 Å². The van der Waals surface area contributed by atoms with Crippen LogP contribution in [-0.2, 0) is 27.2 Å². The zero-order chi connectivity index (χ0) is 17.1. The molecule has 0 bridgehead atoms.